The van der Waals surface area contributed by atoms with Crippen molar-refractivity contribution < 1.29 is 54.7 Å². The zero-order chi connectivity index (χ0) is 38.2. The Morgan fingerprint density at radius 3 is 1.15 bits per heavy atom. The summed E-state index contributed by atoms with van der Waals surface area (Å²) in [4.78, 5) is 57.3. The highest BCUT2D eigenvalue weighted by Gasteiger charge is 2.47. The number of rotatable bonds is 16. The van der Waals surface area contributed by atoms with Crippen LogP contribution in [0.3, 0.4) is 0 Å². The molecule has 52 heavy (non-hydrogen) atoms. The standard InChI is InChI=1S/C41H72N4O7/c1-38(2,28-9-17-42-18-10-28)27-34(46)32(25-35(47)50-39(3,4)29-11-19-43-20-12-29)33(37(49)52-41(7,8)31-15-23-45-24-16-31)26-36(48)51-40(5,6)30-13-21-44-22-14-30/h28-33,42-45H,9-27H2,1-8H3/p+4. The lowest BCUT2D eigenvalue weighted by molar-refractivity contribution is -0.666. The predicted octanol–water partition coefficient (Wildman–Crippen LogP) is 0.843. The monoisotopic (exact) mass is 737 g/mol. The number of hydrogen-bond donors (Lipinski definition) is 4. The number of piperidine rings is 4. The fourth-order valence-electron chi connectivity index (χ4n) is 9.78. The van der Waals surface area contributed by atoms with Crippen molar-refractivity contribution in [3.63, 3.8) is 0 Å². The van der Waals surface area contributed by atoms with Crippen molar-refractivity contribution in [1.29, 1.82) is 0 Å². The van der Waals surface area contributed by atoms with Gasteiger partial charge in [0.05, 0.1) is 71.1 Å². The van der Waals surface area contributed by atoms with E-state index in [1.807, 2.05) is 41.5 Å². The van der Waals surface area contributed by atoms with E-state index in [2.05, 4.69) is 35.1 Å². The average Bonchev–Trinajstić information content (AvgIpc) is 3.10. The maximum atomic E-state index is 14.7. The summed E-state index contributed by atoms with van der Waals surface area (Å²) < 4.78 is 18.8. The fraction of sp³-hybridized carbons (Fsp3) is 0.902. The van der Waals surface area contributed by atoms with Crippen LogP contribution in [0.4, 0.5) is 0 Å². The number of carbonyl (C=O) groups excluding carboxylic acids is 4. The minimum absolute atomic E-state index is 0.158. The summed E-state index contributed by atoms with van der Waals surface area (Å²) in [6.07, 6.45) is 7.23. The molecule has 0 spiro atoms. The minimum Gasteiger partial charge on any atom is -0.459 e. The van der Waals surface area contributed by atoms with Gasteiger partial charge in [0.1, 0.15) is 22.6 Å². The lowest BCUT2D eigenvalue weighted by Gasteiger charge is -2.39. The summed E-state index contributed by atoms with van der Waals surface area (Å²) >= 11 is 0. The Hall–Kier alpha value is -2.08. The molecule has 0 aromatic carbocycles. The second kappa shape index (κ2) is 18.5. The van der Waals surface area contributed by atoms with E-state index in [0.29, 0.717) is 5.92 Å². The smallest absolute Gasteiger partial charge is 0.310 e. The first-order chi connectivity index (χ1) is 24.4. The Morgan fingerprint density at radius 2 is 0.788 bits per heavy atom. The number of ether oxygens (including phenoxy) is 3. The third kappa shape index (κ3) is 12.0. The topological polar surface area (TPSA) is 162 Å². The van der Waals surface area contributed by atoms with Crippen LogP contribution in [0.1, 0.15) is 126 Å². The lowest BCUT2D eigenvalue weighted by Crippen LogP contribution is -2.86. The second-order valence-corrected chi connectivity index (χ2v) is 19.0. The quantitative estimate of drug-likeness (QED) is 0.135. The first-order valence-corrected chi connectivity index (χ1v) is 20.9. The summed E-state index contributed by atoms with van der Waals surface area (Å²) in [6, 6.07) is 0. The molecule has 4 heterocycles. The van der Waals surface area contributed by atoms with E-state index in [4.69, 9.17) is 14.2 Å². The van der Waals surface area contributed by atoms with Crippen LogP contribution in [0.2, 0.25) is 0 Å². The van der Waals surface area contributed by atoms with E-state index in [1.54, 1.807) is 0 Å². The predicted molar refractivity (Wildman–Crippen MR) is 198 cm³/mol. The summed E-state index contributed by atoms with van der Waals surface area (Å²) in [6.45, 7) is 23.9. The molecular weight excluding hydrogens is 660 g/mol. The number of ketones is 1. The zero-order valence-corrected chi connectivity index (χ0v) is 34.1. The van der Waals surface area contributed by atoms with Crippen molar-refractivity contribution in [1.82, 2.24) is 0 Å². The van der Waals surface area contributed by atoms with Crippen molar-refractivity contribution in [2.75, 3.05) is 52.4 Å². The molecule has 8 N–H and O–H groups in total. The van der Waals surface area contributed by atoms with Gasteiger partial charge in [0.2, 0.25) is 0 Å². The van der Waals surface area contributed by atoms with Gasteiger partial charge in [0.15, 0.2) is 0 Å². The summed E-state index contributed by atoms with van der Waals surface area (Å²) in [5, 5.41) is 9.16. The van der Waals surface area contributed by atoms with Gasteiger partial charge >= 0.3 is 17.9 Å². The first-order valence-electron chi connectivity index (χ1n) is 20.9. The molecule has 0 amide bonds. The largest absolute Gasteiger partial charge is 0.459 e. The van der Waals surface area contributed by atoms with Gasteiger partial charge in [0, 0.05) is 68.6 Å². The third-order valence-corrected chi connectivity index (χ3v) is 13.5. The van der Waals surface area contributed by atoms with Crippen LogP contribution in [0.15, 0.2) is 0 Å². The first kappa shape index (κ1) is 42.7. The highest BCUT2D eigenvalue weighted by atomic mass is 16.6. The van der Waals surface area contributed by atoms with E-state index in [0.717, 1.165) is 104 Å². The number of carbonyl (C=O) groups is 4. The fourth-order valence-corrected chi connectivity index (χ4v) is 9.78. The van der Waals surface area contributed by atoms with Gasteiger partial charge in [-0.25, -0.2) is 0 Å². The summed E-state index contributed by atoms with van der Waals surface area (Å²) in [5.74, 6) is -3.12. The summed E-state index contributed by atoms with van der Waals surface area (Å²) in [7, 11) is 0. The maximum absolute atomic E-state index is 14.7. The van der Waals surface area contributed by atoms with Gasteiger partial charge in [-0.15, -0.1) is 0 Å². The number of Topliss-reactive ketones (excluding diaryl/α,β-unsaturated/α-hetero) is 1. The van der Waals surface area contributed by atoms with Gasteiger partial charge in [-0.3, -0.25) is 19.2 Å². The molecule has 2 atom stereocenters. The van der Waals surface area contributed by atoms with E-state index in [9.17, 15) is 19.2 Å². The highest BCUT2D eigenvalue weighted by molar-refractivity contribution is 5.92. The van der Waals surface area contributed by atoms with Crippen LogP contribution >= 0.6 is 0 Å². The van der Waals surface area contributed by atoms with Gasteiger partial charge < -0.3 is 35.5 Å². The van der Waals surface area contributed by atoms with Crippen molar-refractivity contribution in [2.45, 2.75) is 143 Å². The molecule has 11 nitrogen and oxygen atoms in total. The zero-order valence-electron chi connectivity index (χ0n) is 34.1. The minimum atomic E-state index is -1.17. The molecule has 0 aromatic rings. The molecular formula is C41H76N4O7+4. The Kier molecular flexibility index (Phi) is 15.2. The average molecular weight is 737 g/mol. The SMILES string of the molecule is CC(C)(CC(=O)C(CC(=O)OC(C)(C)C1CC[NH2+]CC1)C(CC(=O)OC(C)(C)C1CC[NH2+]CC1)C(=O)OC(C)(C)C1CC[NH2+]CC1)C1CC[NH2+]CC1. The normalized spacial score (nSPS) is 22.3. The third-order valence-electron chi connectivity index (χ3n) is 13.5. The molecule has 298 valence electrons. The number of hydrogen-bond acceptors (Lipinski definition) is 7. The van der Waals surface area contributed by atoms with Gasteiger partial charge in [-0.05, 0) is 65.7 Å². The Labute approximate surface area is 313 Å². The van der Waals surface area contributed by atoms with E-state index in [1.165, 1.54) is 0 Å². The van der Waals surface area contributed by atoms with Crippen molar-refractivity contribution >= 4 is 23.7 Å². The van der Waals surface area contributed by atoms with Gasteiger partial charge in [-0.1, -0.05) is 13.8 Å². The maximum Gasteiger partial charge on any atom is 0.310 e. The number of nitrogens with two attached hydrogens (primary N) is 4. The molecule has 4 saturated heterocycles. The van der Waals surface area contributed by atoms with Crippen LogP contribution in [0.5, 0.6) is 0 Å². The number of quaternary nitrogens is 4. The molecule has 4 aliphatic heterocycles. The molecule has 0 aromatic heterocycles. The molecule has 4 fully saturated rings. The van der Waals surface area contributed by atoms with Crippen molar-refractivity contribution in [2.24, 2.45) is 40.9 Å². The molecule has 0 aliphatic carbocycles. The molecule has 4 rings (SSSR count). The Bertz CT molecular complexity index is 1100. The van der Waals surface area contributed by atoms with Crippen LogP contribution in [0, 0.1) is 40.9 Å². The van der Waals surface area contributed by atoms with E-state index in [-0.39, 0.29) is 48.2 Å². The Morgan fingerprint density at radius 1 is 0.481 bits per heavy atom. The number of esters is 3. The van der Waals surface area contributed by atoms with Crippen LogP contribution < -0.4 is 21.3 Å². The highest BCUT2D eigenvalue weighted by Crippen LogP contribution is 2.40. The molecule has 2 unspecified atom stereocenters. The van der Waals surface area contributed by atoms with Gasteiger partial charge in [0.25, 0.3) is 0 Å². The molecule has 11 heteroatoms. The molecule has 0 bridgehead atoms. The van der Waals surface area contributed by atoms with Crippen molar-refractivity contribution in [3.05, 3.63) is 0 Å². The lowest BCUT2D eigenvalue weighted by atomic mass is 9.68. The van der Waals surface area contributed by atoms with Crippen LogP contribution in [0.25, 0.3) is 0 Å². The molecule has 4 aliphatic rings. The van der Waals surface area contributed by atoms with E-state index < -0.39 is 46.5 Å². The second-order valence-electron chi connectivity index (χ2n) is 19.0. The van der Waals surface area contributed by atoms with Crippen molar-refractivity contribution in [3.8, 4) is 0 Å². The van der Waals surface area contributed by atoms with Crippen LogP contribution in [-0.2, 0) is 33.4 Å². The van der Waals surface area contributed by atoms with Crippen LogP contribution in [-0.4, -0.2) is 92.9 Å². The Balaban J connectivity index is 1.64. The summed E-state index contributed by atoms with van der Waals surface area (Å²) in [5.41, 5.74) is -2.57. The van der Waals surface area contributed by atoms with E-state index >= 15 is 0 Å². The van der Waals surface area contributed by atoms with Gasteiger partial charge in [-0.2, -0.15) is 0 Å². The molecule has 0 radical (unpaired) electrons. The molecule has 0 saturated carbocycles.